The average molecular weight is 350 g/mol. The van der Waals surface area contributed by atoms with E-state index in [0.29, 0.717) is 23.1 Å². The fourth-order valence-corrected chi connectivity index (χ4v) is 3.90. The van der Waals surface area contributed by atoms with Gasteiger partial charge in [0.15, 0.2) is 11.3 Å². The zero-order chi connectivity index (χ0) is 18.1. The number of hydrogen-bond acceptors (Lipinski definition) is 3. The molecule has 1 fully saturated rings. The molecule has 5 nitrogen and oxygen atoms in total. The monoisotopic (exact) mass is 350 g/mol. The smallest absolute Gasteiger partial charge is 0.289 e. The molecule has 1 aromatic carbocycles. The molecule has 2 heterocycles. The minimum atomic E-state index is -0.0992. The molecule has 0 bridgehead atoms. The maximum atomic E-state index is 12.4. The molecule has 3 aromatic rings. The van der Waals surface area contributed by atoms with E-state index in [1.165, 1.54) is 37.7 Å². The molecule has 1 aliphatic carbocycles. The van der Waals surface area contributed by atoms with Gasteiger partial charge in [-0.15, -0.1) is 0 Å². The molecule has 4 rings (SSSR count). The second-order valence-corrected chi connectivity index (χ2v) is 7.75. The van der Waals surface area contributed by atoms with Gasteiger partial charge in [-0.05, 0) is 30.2 Å². The van der Waals surface area contributed by atoms with Crippen LogP contribution in [0.4, 0.5) is 0 Å². The highest BCUT2D eigenvalue weighted by molar-refractivity contribution is 5.70. The first kappa shape index (κ1) is 17.0. The van der Waals surface area contributed by atoms with Crippen LogP contribution in [0.15, 0.2) is 35.3 Å². The van der Waals surface area contributed by atoms with Crippen molar-refractivity contribution in [1.82, 2.24) is 19.5 Å². The van der Waals surface area contributed by atoms with Crippen molar-refractivity contribution in [2.45, 2.75) is 58.4 Å². The van der Waals surface area contributed by atoms with Gasteiger partial charge >= 0.3 is 5.69 Å². The van der Waals surface area contributed by atoms with E-state index in [9.17, 15) is 4.79 Å². The average Bonchev–Trinajstić information content (AvgIpc) is 2.97. The number of rotatable bonds is 4. The topological polar surface area (TPSA) is 63.6 Å². The minimum Gasteiger partial charge on any atom is -0.289 e. The largest absolute Gasteiger partial charge is 0.328 e. The van der Waals surface area contributed by atoms with Crippen LogP contribution < -0.4 is 5.69 Å². The van der Waals surface area contributed by atoms with Gasteiger partial charge in [0.1, 0.15) is 0 Å². The van der Waals surface area contributed by atoms with Crippen molar-refractivity contribution in [2.24, 2.45) is 5.92 Å². The standard InChI is InChI=1S/C21H26N4O/c1-14(2)16-8-10-17(11-9-16)18-12-22-19-20(23-18)25(21(26)24-19)13-15-6-4-3-5-7-15/h8-12,14-15H,3-7,13H2,1-2H3,(H,22,24,26). The minimum absolute atomic E-state index is 0.0992. The number of hydrogen-bond donors (Lipinski definition) is 1. The van der Waals surface area contributed by atoms with E-state index < -0.39 is 0 Å². The highest BCUT2D eigenvalue weighted by Gasteiger charge is 2.18. The molecular formula is C21H26N4O. The van der Waals surface area contributed by atoms with Crippen molar-refractivity contribution in [3.05, 3.63) is 46.5 Å². The van der Waals surface area contributed by atoms with Crippen LogP contribution in [0.25, 0.3) is 22.6 Å². The van der Waals surface area contributed by atoms with Crippen LogP contribution in [0, 0.1) is 5.92 Å². The second kappa shape index (κ2) is 7.06. The zero-order valence-corrected chi connectivity index (χ0v) is 15.5. The molecule has 0 unspecified atom stereocenters. The third-order valence-electron chi connectivity index (χ3n) is 5.52. The maximum Gasteiger partial charge on any atom is 0.328 e. The first-order chi connectivity index (χ1) is 12.6. The van der Waals surface area contributed by atoms with Crippen LogP contribution in [0.1, 0.15) is 57.4 Å². The van der Waals surface area contributed by atoms with Crippen molar-refractivity contribution < 1.29 is 0 Å². The number of aromatic nitrogens is 4. The Hall–Kier alpha value is -2.43. The number of H-pyrrole nitrogens is 1. The summed E-state index contributed by atoms with van der Waals surface area (Å²) in [6, 6.07) is 8.44. The Morgan fingerprint density at radius 2 is 1.88 bits per heavy atom. The number of fused-ring (bicyclic) bond motifs is 1. The summed E-state index contributed by atoms with van der Waals surface area (Å²) in [7, 11) is 0. The van der Waals surface area contributed by atoms with E-state index in [1.54, 1.807) is 10.8 Å². The van der Waals surface area contributed by atoms with E-state index in [2.05, 4.69) is 48.1 Å². The van der Waals surface area contributed by atoms with Gasteiger partial charge in [-0.2, -0.15) is 0 Å². The van der Waals surface area contributed by atoms with Gasteiger partial charge in [-0.25, -0.2) is 14.8 Å². The van der Waals surface area contributed by atoms with E-state index in [0.717, 1.165) is 17.8 Å². The van der Waals surface area contributed by atoms with Gasteiger partial charge in [-0.1, -0.05) is 57.4 Å². The Bertz CT molecular complexity index is 946. The molecule has 2 aromatic heterocycles. The summed E-state index contributed by atoms with van der Waals surface area (Å²) in [5.41, 5.74) is 4.29. The normalized spacial score (nSPS) is 15.8. The highest BCUT2D eigenvalue weighted by Crippen LogP contribution is 2.26. The first-order valence-electron chi connectivity index (χ1n) is 9.67. The quantitative estimate of drug-likeness (QED) is 0.754. The Morgan fingerprint density at radius 3 is 2.58 bits per heavy atom. The van der Waals surface area contributed by atoms with Crippen LogP contribution in [0.2, 0.25) is 0 Å². The molecule has 5 heteroatoms. The van der Waals surface area contributed by atoms with Gasteiger partial charge in [0.25, 0.3) is 0 Å². The third kappa shape index (κ3) is 3.30. The van der Waals surface area contributed by atoms with Gasteiger partial charge in [-0.3, -0.25) is 9.55 Å². The summed E-state index contributed by atoms with van der Waals surface area (Å²) in [6.45, 7) is 5.11. The summed E-state index contributed by atoms with van der Waals surface area (Å²) < 4.78 is 1.78. The molecule has 1 N–H and O–H groups in total. The Balaban J connectivity index is 1.69. The number of imidazole rings is 1. The molecule has 26 heavy (non-hydrogen) atoms. The van der Waals surface area contributed by atoms with E-state index in [1.807, 2.05) is 0 Å². The van der Waals surface area contributed by atoms with Crippen molar-refractivity contribution in [3.8, 4) is 11.3 Å². The fraction of sp³-hybridized carbons (Fsp3) is 0.476. The molecule has 0 radical (unpaired) electrons. The number of benzene rings is 1. The van der Waals surface area contributed by atoms with Crippen LogP contribution in [-0.4, -0.2) is 19.5 Å². The van der Waals surface area contributed by atoms with E-state index in [-0.39, 0.29) is 5.69 Å². The predicted octanol–water partition coefficient (Wildman–Crippen LogP) is 4.49. The Kier molecular flexibility index (Phi) is 4.62. The molecule has 136 valence electrons. The van der Waals surface area contributed by atoms with Gasteiger partial charge < -0.3 is 0 Å². The molecule has 0 saturated heterocycles. The Labute approximate surface area is 153 Å². The Morgan fingerprint density at radius 1 is 1.15 bits per heavy atom. The van der Waals surface area contributed by atoms with Crippen molar-refractivity contribution in [2.75, 3.05) is 0 Å². The summed E-state index contributed by atoms with van der Waals surface area (Å²) in [4.78, 5) is 24.5. The lowest BCUT2D eigenvalue weighted by Gasteiger charge is -2.21. The van der Waals surface area contributed by atoms with Crippen molar-refractivity contribution >= 4 is 11.3 Å². The molecule has 0 atom stereocenters. The molecule has 1 aliphatic rings. The molecule has 0 spiro atoms. The fourth-order valence-electron chi connectivity index (χ4n) is 3.90. The lowest BCUT2D eigenvalue weighted by atomic mass is 9.89. The molecule has 0 amide bonds. The van der Waals surface area contributed by atoms with Crippen LogP contribution in [-0.2, 0) is 6.54 Å². The van der Waals surface area contributed by atoms with Crippen molar-refractivity contribution in [3.63, 3.8) is 0 Å². The SMILES string of the molecule is CC(C)c1ccc(-c2cnc3[nH]c(=O)n(CC4CCCCC4)c3n2)cc1. The van der Waals surface area contributed by atoms with Gasteiger partial charge in [0.05, 0.1) is 11.9 Å². The first-order valence-corrected chi connectivity index (χ1v) is 9.67. The summed E-state index contributed by atoms with van der Waals surface area (Å²) in [6.07, 6.45) is 7.98. The highest BCUT2D eigenvalue weighted by atomic mass is 16.1. The van der Waals surface area contributed by atoms with Gasteiger partial charge in [0.2, 0.25) is 0 Å². The summed E-state index contributed by atoms with van der Waals surface area (Å²) in [5.74, 6) is 1.07. The third-order valence-corrected chi connectivity index (χ3v) is 5.52. The summed E-state index contributed by atoms with van der Waals surface area (Å²) in [5, 5.41) is 0. The number of nitrogens with zero attached hydrogens (tertiary/aromatic N) is 3. The summed E-state index contributed by atoms with van der Waals surface area (Å²) >= 11 is 0. The van der Waals surface area contributed by atoms with E-state index >= 15 is 0 Å². The van der Waals surface area contributed by atoms with Gasteiger partial charge in [0, 0.05) is 12.1 Å². The molecular weight excluding hydrogens is 324 g/mol. The lowest BCUT2D eigenvalue weighted by Crippen LogP contribution is -2.23. The van der Waals surface area contributed by atoms with Crippen LogP contribution >= 0.6 is 0 Å². The number of aromatic amines is 1. The maximum absolute atomic E-state index is 12.4. The number of nitrogens with one attached hydrogen (secondary N) is 1. The van der Waals surface area contributed by atoms with Crippen molar-refractivity contribution in [1.29, 1.82) is 0 Å². The molecule has 0 aliphatic heterocycles. The molecule has 1 saturated carbocycles. The lowest BCUT2D eigenvalue weighted by molar-refractivity contribution is 0.319. The zero-order valence-electron chi connectivity index (χ0n) is 15.5. The predicted molar refractivity (Wildman–Crippen MR) is 104 cm³/mol. The van der Waals surface area contributed by atoms with E-state index in [4.69, 9.17) is 4.98 Å². The van der Waals surface area contributed by atoms with Crippen LogP contribution in [0.3, 0.4) is 0 Å². The second-order valence-electron chi connectivity index (χ2n) is 7.75. The van der Waals surface area contributed by atoms with Crippen LogP contribution in [0.5, 0.6) is 0 Å².